The highest BCUT2D eigenvalue weighted by atomic mass is 19.2. The number of hydrogen-bond donors (Lipinski definition) is 1. The summed E-state index contributed by atoms with van der Waals surface area (Å²) in [5.41, 5.74) is 0.351. The molecular weight excluding hydrogens is 396 g/mol. The molecule has 1 heterocycles. The van der Waals surface area contributed by atoms with Crippen LogP contribution in [0.5, 0.6) is 0 Å². The number of para-hydroxylation sites is 1. The second-order valence-electron chi connectivity index (χ2n) is 6.66. The number of halogens is 2. The van der Waals surface area contributed by atoms with Crippen molar-refractivity contribution < 1.29 is 23.1 Å². The second-order valence-corrected chi connectivity index (χ2v) is 6.66. The average Bonchev–Trinajstić information content (AvgIpc) is 2.72. The van der Waals surface area contributed by atoms with Gasteiger partial charge in [-0.15, -0.1) is 0 Å². The van der Waals surface area contributed by atoms with Gasteiger partial charge < -0.3 is 10.1 Å². The predicted molar refractivity (Wildman–Crippen MR) is 106 cm³/mol. The maximum atomic E-state index is 13.2. The van der Waals surface area contributed by atoms with E-state index in [0.717, 1.165) is 12.1 Å². The van der Waals surface area contributed by atoms with Crippen LogP contribution in [-0.4, -0.2) is 27.5 Å². The summed E-state index contributed by atoms with van der Waals surface area (Å²) in [7, 11) is 1.57. The molecule has 0 bridgehead atoms. The number of fused-ring (bicyclic) bond motifs is 1. The Labute approximate surface area is 170 Å². The minimum atomic E-state index is -1.15. The van der Waals surface area contributed by atoms with Gasteiger partial charge in [-0.25, -0.2) is 13.8 Å². The first kappa shape index (κ1) is 21.1. The van der Waals surface area contributed by atoms with Gasteiger partial charge in [0.1, 0.15) is 5.82 Å². The van der Waals surface area contributed by atoms with E-state index < -0.39 is 29.6 Å². The molecule has 1 atom stereocenters. The van der Waals surface area contributed by atoms with Crippen molar-refractivity contribution in [3.63, 3.8) is 0 Å². The van der Waals surface area contributed by atoms with Crippen LogP contribution in [0.25, 0.3) is 10.9 Å². The number of nitrogens with one attached hydrogen (secondary N) is 1. The number of benzene rings is 2. The topological polar surface area (TPSA) is 90.3 Å². The van der Waals surface area contributed by atoms with Gasteiger partial charge in [0, 0.05) is 25.2 Å². The number of nitrogens with zero attached hydrogens (tertiary/aromatic N) is 2. The zero-order valence-electron chi connectivity index (χ0n) is 16.3. The molecule has 7 nitrogen and oxygen atoms in total. The molecule has 0 aliphatic heterocycles. The Bertz CT molecular complexity index is 1180. The molecule has 1 N–H and O–H groups in total. The van der Waals surface area contributed by atoms with Crippen LogP contribution >= 0.6 is 0 Å². The van der Waals surface area contributed by atoms with Crippen molar-refractivity contribution >= 4 is 28.5 Å². The van der Waals surface area contributed by atoms with Gasteiger partial charge in [0.15, 0.2) is 17.7 Å². The van der Waals surface area contributed by atoms with Crippen molar-refractivity contribution in [1.82, 2.24) is 9.55 Å². The van der Waals surface area contributed by atoms with Gasteiger partial charge in [-0.3, -0.25) is 19.0 Å². The molecule has 9 heteroatoms. The molecule has 0 unspecified atom stereocenters. The van der Waals surface area contributed by atoms with Gasteiger partial charge in [-0.2, -0.15) is 0 Å². The summed E-state index contributed by atoms with van der Waals surface area (Å²) in [6.07, 6.45) is -1.10. The van der Waals surface area contributed by atoms with E-state index in [0.29, 0.717) is 16.7 Å². The quantitative estimate of drug-likeness (QED) is 0.626. The Kier molecular flexibility index (Phi) is 6.20. The van der Waals surface area contributed by atoms with E-state index in [1.54, 1.807) is 31.3 Å². The molecule has 0 spiro atoms. The average molecular weight is 415 g/mol. The highest BCUT2D eigenvalue weighted by Crippen LogP contribution is 2.14. The first-order valence-corrected chi connectivity index (χ1v) is 9.16. The van der Waals surface area contributed by atoms with E-state index in [9.17, 15) is 23.2 Å². The summed E-state index contributed by atoms with van der Waals surface area (Å²) in [4.78, 5) is 41.0. The van der Waals surface area contributed by atoms with Gasteiger partial charge in [0.25, 0.3) is 11.5 Å². The summed E-state index contributed by atoms with van der Waals surface area (Å²) < 4.78 is 32.6. The number of anilines is 1. The molecule has 3 aromatic rings. The lowest BCUT2D eigenvalue weighted by molar-refractivity contribution is -0.153. The molecule has 0 aliphatic carbocycles. The van der Waals surface area contributed by atoms with Crippen LogP contribution in [0.2, 0.25) is 0 Å². The van der Waals surface area contributed by atoms with Crippen LogP contribution in [0, 0.1) is 11.6 Å². The third kappa shape index (κ3) is 4.68. The number of aromatic nitrogens is 2. The molecule has 0 aliphatic rings. The predicted octanol–water partition coefficient (Wildman–Crippen LogP) is 2.71. The minimum Gasteiger partial charge on any atom is -0.453 e. The lowest BCUT2D eigenvalue weighted by atomic mass is 10.2. The molecule has 2 aromatic carbocycles. The molecule has 0 saturated carbocycles. The molecule has 3 rings (SSSR count). The zero-order valence-corrected chi connectivity index (χ0v) is 16.3. The number of ether oxygens (including phenoxy) is 1. The van der Waals surface area contributed by atoms with Gasteiger partial charge in [0.05, 0.1) is 17.3 Å². The monoisotopic (exact) mass is 415 g/mol. The number of amides is 1. The van der Waals surface area contributed by atoms with Crippen molar-refractivity contribution in [3.05, 3.63) is 70.3 Å². The number of aryl methyl sites for hydroxylation is 1. The summed E-state index contributed by atoms with van der Waals surface area (Å²) in [5, 5.41) is 2.83. The Hall–Kier alpha value is -3.62. The Morgan fingerprint density at radius 3 is 2.63 bits per heavy atom. The second kappa shape index (κ2) is 8.81. The van der Waals surface area contributed by atoms with Gasteiger partial charge in [-0.1, -0.05) is 12.1 Å². The van der Waals surface area contributed by atoms with Crippen LogP contribution in [0.3, 0.4) is 0 Å². The van der Waals surface area contributed by atoms with Crippen LogP contribution in [0.15, 0.2) is 47.3 Å². The van der Waals surface area contributed by atoms with Crippen LogP contribution in [0.4, 0.5) is 14.5 Å². The van der Waals surface area contributed by atoms with Crippen molar-refractivity contribution in [2.45, 2.75) is 25.9 Å². The third-order valence-corrected chi connectivity index (χ3v) is 4.49. The van der Waals surface area contributed by atoms with Gasteiger partial charge in [-0.05, 0) is 31.2 Å². The Balaban J connectivity index is 1.59. The van der Waals surface area contributed by atoms with E-state index in [-0.39, 0.29) is 24.1 Å². The van der Waals surface area contributed by atoms with E-state index >= 15 is 0 Å². The molecule has 0 radical (unpaired) electrons. The maximum absolute atomic E-state index is 13.2. The van der Waals surface area contributed by atoms with E-state index in [2.05, 4.69) is 10.3 Å². The van der Waals surface area contributed by atoms with Crippen molar-refractivity contribution in [3.8, 4) is 0 Å². The first-order valence-electron chi connectivity index (χ1n) is 9.16. The molecule has 0 fully saturated rings. The van der Waals surface area contributed by atoms with Crippen LogP contribution in [-0.2, 0) is 27.8 Å². The number of carbonyl (C=O) groups is 2. The fourth-order valence-electron chi connectivity index (χ4n) is 2.83. The minimum absolute atomic E-state index is 0.0390. The standard InChI is InChI=1S/C21H19F2N3O4/c1-12(20(28)24-13-7-8-15(22)16(23)11-13)30-19(27)10-9-18-25-17-6-4-3-5-14(17)21(29)26(18)2/h3-8,11-12H,9-10H2,1-2H3,(H,24,28)/t12-/m0/s1. The molecule has 1 aromatic heterocycles. The van der Waals surface area contributed by atoms with E-state index in [4.69, 9.17) is 4.74 Å². The third-order valence-electron chi connectivity index (χ3n) is 4.49. The highest BCUT2D eigenvalue weighted by Gasteiger charge is 2.19. The number of rotatable bonds is 6. The molecule has 30 heavy (non-hydrogen) atoms. The maximum Gasteiger partial charge on any atom is 0.307 e. The van der Waals surface area contributed by atoms with E-state index in [1.807, 2.05) is 0 Å². The normalized spacial score (nSPS) is 11.9. The summed E-state index contributed by atoms with van der Waals surface area (Å²) >= 11 is 0. The largest absolute Gasteiger partial charge is 0.453 e. The summed E-state index contributed by atoms with van der Waals surface area (Å²) in [6, 6.07) is 9.79. The Morgan fingerprint density at radius 2 is 1.90 bits per heavy atom. The molecular formula is C21H19F2N3O4. The number of esters is 1. The molecule has 156 valence electrons. The van der Waals surface area contributed by atoms with Crippen molar-refractivity contribution in [1.29, 1.82) is 0 Å². The van der Waals surface area contributed by atoms with Gasteiger partial charge >= 0.3 is 5.97 Å². The van der Waals surface area contributed by atoms with Crippen molar-refractivity contribution in [2.24, 2.45) is 7.05 Å². The van der Waals surface area contributed by atoms with Gasteiger partial charge in [0.2, 0.25) is 0 Å². The summed E-state index contributed by atoms with van der Waals surface area (Å²) in [5.74, 6) is -3.08. The summed E-state index contributed by atoms with van der Waals surface area (Å²) in [6.45, 7) is 1.36. The molecule has 0 saturated heterocycles. The number of hydrogen-bond acceptors (Lipinski definition) is 5. The smallest absolute Gasteiger partial charge is 0.307 e. The van der Waals surface area contributed by atoms with Crippen molar-refractivity contribution in [2.75, 3.05) is 5.32 Å². The fraction of sp³-hybridized carbons (Fsp3) is 0.238. The number of carbonyl (C=O) groups excluding carboxylic acids is 2. The van der Waals surface area contributed by atoms with Crippen LogP contribution < -0.4 is 10.9 Å². The highest BCUT2D eigenvalue weighted by molar-refractivity contribution is 5.95. The fourth-order valence-corrected chi connectivity index (χ4v) is 2.83. The van der Waals surface area contributed by atoms with E-state index in [1.165, 1.54) is 17.6 Å². The SMILES string of the molecule is C[C@H](OC(=O)CCc1nc2ccccc2c(=O)n1C)C(=O)Nc1ccc(F)c(F)c1. The zero-order chi connectivity index (χ0) is 21.8. The lowest BCUT2D eigenvalue weighted by Gasteiger charge is -2.14. The first-order chi connectivity index (χ1) is 14.3. The lowest BCUT2D eigenvalue weighted by Crippen LogP contribution is -2.30. The Morgan fingerprint density at radius 1 is 1.17 bits per heavy atom. The molecule has 1 amide bonds. The van der Waals surface area contributed by atoms with Crippen LogP contribution in [0.1, 0.15) is 19.2 Å².